The molecule has 2 rings (SSSR count). The summed E-state index contributed by atoms with van der Waals surface area (Å²) in [6, 6.07) is 0. The summed E-state index contributed by atoms with van der Waals surface area (Å²) >= 11 is 0. The fourth-order valence-electron chi connectivity index (χ4n) is 1.96. The Hall–Kier alpha value is -0.800. The fraction of sp³-hybridized carbons (Fsp3) is 0.556. The highest BCUT2D eigenvalue weighted by molar-refractivity contribution is 5.33. The number of aliphatic hydroxyl groups excluding tert-OH is 1. The van der Waals surface area contributed by atoms with Crippen molar-refractivity contribution in [3.8, 4) is 0 Å². The van der Waals surface area contributed by atoms with Crippen molar-refractivity contribution < 1.29 is 5.11 Å². The molecule has 12 heavy (non-hydrogen) atoms. The van der Waals surface area contributed by atoms with Gasteiger partial charge in [0.05, 0.1) is 12.1 Å². The van der Waals surface area contributed by atoms with Crippen LogP contribution in [0.4, 0.5) is 0 Å². The van der Waals surface area contributed by atoms with E-state index in [0.29, 0.717) is 0 Å². The molecule has 0 spiro atoms. The fourth-order valence-corrected chi connectivity index (χ4v) is 1.96. The molecule has 1 atom stereocenters. The molecule has 66 valence electrons. The largest absolute Gasteiger partial charge is 0.394 e. The summed E-state index contributed by atoms with van der Waals surface area (Å²) in [5, 5.41) is 9.18. The van der Waals surface area contributed by atoms with Crippen molar-refractivity contribution in [3.05, 3.63) is 23.5 Å². The van der Waals surface area contributed by atoms with E-state index >= 15 is 0 Å². The first kappa shape index (κ1) is 7.83. The Bertz CT molecular complexity index is 282. The van der Waals surface area contributed by atoms with Gasteiger partial charge in [0.15, 0.2) is 0 Å². The van der Waals surface area contributed by atoms with Gasteiger partial charge in [0, 0.05) is 12.4 Å². The molecule has 1 aliphatic rings. The van der Waals surface area contributed by atoms with Crippen molar-refractivity contribution in [2.24, 2.45) is 5.73 Å². The topological polar surface area (TPSA) is 62.0 Å². The Morgan fingerprint density at radius 3 is 3.17 bits per heavy atom. The summed E-state index contributed by atoms with van der Waals surface area (Å²) in [7, 11) is 0. The van der Waals surface area contributed by atoms with E-state index in [4.69, 9.17) is 5.73 Å². The van der Waals surface area contributed by atoms with E-state index in [9.17, 15) is 5.11 Å². The lowest BCUT2D eigenvalue weighted by Crippen LogP contribution is -2.42. The third-order valence-corrected chi connectivity index (χ3v) is 2.72. The highest BCUT2D eigenvalue weighted by atomic mass is 16.3. The van der Waals surface area contributed by atoms with Crippen LogP contribution in [-0.2, 0) is 12.0 Å². The summed E-state index contributed by atoms with van der Waals surface area (Å²) in [5.41, 5.74) is 7.91. The molecule has 1 aromatic heterocycles. The minimum Gasteiger partial charge on any atom is -0.394 e. The lowest BCUT2D eigenvalue weighted by atomic mass is 9.80. The summed E-state index contributed by atoms with van der Waals surface area (Å²) < 4.78 is 0. The van der Waals surface area contributed by atoms with E-state index in [0.717, 1.165) is 24.8 Å². The first-order valence-electron chi connectivity index (χ1n) is 4.32. The predicted octanol–water partition coefficient (Wildman–Crippen LogP) is 0.497. The molecule has 1 heterocycles. The molecule has 0 aliphatic heterocycles. The summed E-state index contributed by atoms with van der Waals surface area (Å²) in [4.78, 5) is 3.04. The number of rotatable bonds is 1. The first-order valence-corrected chi connectivity index (χ1v) is 4.32. The monoisotopic (exact) mass is 166 g/mol. The third kappa shape index (κ3) is 0.974. The van der Waals surface area contributed by atoms with Crippen molar-refractivity contribution in [1.29, 1.82) is 0 Å². The number of nitrogens with one attached hydrogen (secondary N) is 1. The van der Waals surface area contributed by atoms with Crippen LogP contribution < -0.4 is 5.73 Å². The molecule has 3 heteroatoms. The molecule has 0 amide bonds. The number of H-pyrrole nitrogens is 1. The van der Waals surface area contributed by atoms with E-state index in [1.807, 2.05) is 12.4 Å². The second-order valence-electron chi connectivity index (χ2n) is 3.56. The number of fused-ring (bicyclic) bond motifs is 1. The smallest absolute Gasteiger partial charge is 0.0661 e. The lowest BCUT2D eigenvalue weighted by Gasteiger charge is -2.31. The molecule has 0 bridgehead atoms. The summed E-state index contributed by atoms with van der Waals surface area (Å²) in [6.07, 6.45) is 6.92. The van der Waals surface area contributed by atoms with Crippen LogP contribution in [0.1, 0.15) is 24.0 Å². The summed E-state index contributed by atoms with van der Waals surface area (Å²) in [6.45, 7) is 0.0395. The maximum absolute atomic E-state index is 9.18. The minimum absolute atomic E-state index is 0.0395. The van der Waals surface area contributed by atoms with Crippen LogP contribution in [-0.4, -0.2) is 16.7 Å². The molecular weight excluding hydrogens is 152 g/mol. The Morgan fingerprint density at radius 1 is 1.58 bits per heavy atom. The van der Waals surface area contributed by atoms with Gasteiger partial charge in [0.1, 0.15) is 0 Å². The Labute approximate surface area is 71.6 Å². The van der Waals surface area contributed by atoms with Crippen molar-refractivity contribution in [2.45, 2.75) is 24.8 Å². The van der Waals surface area contributed by atoms with Gasteiger partial charge in [-0.15, -0.1) is 0 Å². The minimum atomic E-state index is -0.492. The number of nitrogens with two attached hydrogens (primary N) is 1. The quantitative estimate of drug-likeness (QED) is 0.569. The second-order valence-corrected chi connectivity index (χ2v) is 3.56. The zero-order valence-corrected chi connectivity index (χ0v) is 7.01. The second kappa shape index (κ2) is 2.61. The molecule has 1 aliphatic carbocycles. The van der Waals surface area contributed by atoms with Gasteiger partial charge >= 0.3 is 0 Å². The average molecular weight is 166 g/mol. The van der Waals surface area contributed by atoms with Crippen molar-refractivity contribution >= 4 is 0 Å². The maximum Gasteiger partial charge on any atom is 0.0661 e. The highest BCUT2D eigenvalue weighted by Crippen LogP contribution is 2.32. The number of aromatic amines is 1. The normalized spacial score (nSPS) is 28.5. The number of hydrogen-bond acceptors (Lipinski definition) is 2. The van der Waals surface area contributed by atoms with E-state index in [1.165, 1.54) is 5.56 Å². The average Bonchev–Trinajstić information content (AvgIpc) is 2.54. The van der Waals surface area contributed by atoms with Gasteiger partial charge in [0.2, 0.25) is 0 Å². The molecule has 0 saturated heterocycles. The van der Waals surface area contributed by atoms with Crippen LogP contribution >= 0.6 is 0 Å². The van der Waals surface area contributed by atoms with E-state index in [-0.39, 0.29) is 6.61 Å². The van der Waals surface area contributed by atoms with Crippen LogP contribution in [0.2, 0.25) is 0 Å². The molecule has 0 aromatic carbocycles. The van der Waals surface area contributed by atoms with E-state index < -0.39 is 5.54 Å². The number of aliphatic hydroxyl groups is 1. The number of aryl methyl sites for hydroxylation is 1. The lowest BCUT2D eigenvalue weighted by molar-refractivity contribution is 0.179. The number of aromatic nitrogens is 1. The van der Waals surface area contributed by atoms with E-state index in [1.54, 1.807) is 0 Å². The Morgan fingerprint density at radius 2 is 2.42 bits per heavy atom. The van der Waals surface area contributed by atoms with Gasteiger partial charge in [0.25, 0.3) is 0 Å². The molecule has 1 aromatic rings. The van der Waals surface area contributed by atoms with Crippen LogP contribution in [0, 0.1) is 0 Å². The Balaban J connectivity index is 2.44. The predicted molar refractivity (Wildman–Crippen MR) is 46.7 cm³/mol. The molecule has 0 saturated carbocycles. The van der Waals surface area contributed by atoms with Crippen LogP contribution in [0.25, 0.3) is 0 Å². The van der Waals surface area contributed by atoms with Crippen LogP contribution in [0.3, 0.4) is 0 Å². The molecule has 0 radical (unpaired) electrons. The van der Waals surface area contributed by atoms with Gasteiger partial charge < -0.3 is 15.8 Å². The van der Waals surface area contributed by atoms with Gasteiger partial charge in [-0.3, -0.25) is 0 Å². The standard InChI is InChI=1S/C9H14N2O/c10-9(6-12)3-1-2-7-4-11-5-8(7)9/h4-5,11-12H,1-3,6,10H2. The highest BCUT2D eigenvalue weighted by Gasteiger charge is 2.32. The van der Waals surface area contributed by atoms with Crippen LogP contribution in [0.5, 0.6) is 0 Å². The number of hydrogen-bond donors (Lipinski definition) is 3. The van der Waals surface area contributed by atoms with Crippen molar-refractivity contribution in [3.63, 3.8) is 0 Å². The van der Waals surface area contributed by atoms with Gasteiger partial charge in [-0.05, 0) is 30.4 Å². The Kier molecular flexibility index (Phi) is 1.70. The first-order chi connectivity index (χ1) is 5.76. The van der Waals surface area contributed by atoms with Gasteiger partial charge in [-0.25, -0.2) is 0 Å². The van der Waals surface area contributed by atoms with Gasteiger partial charge in [-0.2, -0.15) is 0 Å². The molecule has 4 N–H and O–H groups in total. The van der Waals surface area contributed by atoms with E-state index in [2.05, 4.69) is 4.98 Å². The van der Waals surface area contributed by atoms with Crippen molar-refractivity contribution in [2.75, 3.05) is 6.61 Å². The van der Waals surface area contributed by atoms with Gasteiger partial charge in [-0.1, -0.05) is 0 Å². The molecule has 3 nitrogen and oxygen atoms in total. The third-order valence-electron chi connectivity index (χ3n) is 2.72. The molecule has 0 fully saturated rings. The van der Waals surface area contributed by atoms with Crippen molar-refractivity contribution in [1.82, 2.24) is 4.98 Å². The zero-order chi connectivity index (χ0) is 8.60. The summed E-state index contributed by atoms with van der Waals surface area (Å²) in [5.74, 6) is 0. The SMILES string of the molecule is NC1(CO)CCCc2c[nH]cc21. The maximum atomic E-state index is 9.18. The van der Waals surface area contributed by atoms with Crippen LogP contribution in [0.15, 0.2) is 12.4 Å². The molecular formula is C9H14N2O. The zero-order valence-electron chi connectivity index (χ0n) is 7.01. The molecule has 1 unspecified atom stereocenters.